The van der Waals surface area contributed by atoms with Crippen LogP contribution >= 0.6 is 0 Å². The first kappa shape index (κ1) is 18.0. The molecule has 1 aromatic carbocycles. The summed E-state index contributed by atoms with van der Waals surface area (Å²) in [5, 5.41) is 7.26. The van der Waals surface area contributed by atoms with Gasteiger partial charge in [-0.05, 0) is 49.4 Å². The molecule has 0 bridgehead atoms. The van der Waals surface area contributed by atoms with E-state index in [1.54, 1.807) is 31.4 Å². The maximum absolute atomic E-state index is 12.3. The summed E-state index contributed by atoms with van der Waals surface area (Å²) in [6, 6.07) is 6.65. The Morgan fingerprint density at radius 3 is 2.69 bits per heavy atom. The molecule has 1 aliphatic carbocycles. The van der Waals surface area contributed by atoms with Gasteiger partial charge in [-0.25, -0.2) is 4.68 Å². The molecule has 0 aliphatic heterocycles. The van der Waals surface area contributed by atoms with Crippen LogP contribution in [0.15, 0.2) is 29.1 Å². The van der Waals surface area contributed by atoms with Gasteiger partial charge in [0.2, 0.25) is 0 Å². The van der Waals surface area contributed by atoms with Crippen molar-refractivity contribution in [1.82, 2.24) is 15.1 Å². The normalized spacial score (nSPS) is 13.0. The topological polar surface area (TPSA) is 82.5 Å². The molecule has 1 heterocycles. The van der Waals surface area contributed by atoms with Gasteiger partial charge >= 0.3 is 0 Å². The minimum absolute atomic E-state index is 0.119. The lowest BCUT2D eigenvalue weighted by Gasteiger charge is -2.16. The van der Waals surface area contributed by atoms with Crippen LogP contribution in [0.2, 0.25) is 0 Å². The number of hydrogen-bond acceptors (Lipinski definition) is 5. The molecular formula is C19H23N3O4. The van der Waals surface area contributed by atoms with Crippen molar-refractivity contribution in [2.75, 3.05) is 20.8 Å². The fourth-order valence-corrected chi connectivity index (χ4v) is 3.12. The number of rotatable bonds is 6. The Labute approximate surface area is 151 Å². The van der Waals surface area contributed by atoms with E-state index in [-0.39, 0.29) is 11.5 Å². The van der Waals surface area contributed by atoms with Crippen LogP contribution in [0.3, 0.4) is 0 Å². The molecule has 1 aliphatic rings. The molecule has 0 fully saturated rings. The van der Waals surface area contributed by atoms with E-state index in [0.29, 0.717) is 30.2 Å². The van der Waals surface area contributed by atoms with Crippen LogP contribution in [0.25, 0.3) is 0 Å². The zero-order valence-corrected chi connectivity index (χ0v) is 15.1. The van der Waals surface area contributed by atoms with Crippen molar-refractivity contribution in [3.63, 3.8) is 0 Å². The molecule has 0 radical (unpaired) electrons. The second-order valence-corrected chi connectivity index (χ2v) is 6.21. The van der Waals surface area contributed by atoms with Crippen molar-refractivity contribution < 1.29 is 14.3 Å². The fourth-order valence-electron chi connectivity index (χ4n) is 3.12. The summed E-state index contributed by atoms with van der Waals surface area (Å²) in [4.78, 5) is 24.5. The lowest BCUT2D eigenvalue weighted by atomic mass is 9.97. The molecule has 0 spiro atoms. The van der Waals surface area contributed by atoms with E-state index in [0.717, 1.165) is 36.9 Å². The fraction of sp³-hybridized carbons (Fsp3) is 0.421. The molecule has 3 rings (SSSR count). The lowest BCUT2D eigenvalue weighted by Crippen LogP contribution is -2.33. The van der Waals surface area contributed by atoms with Crippen LogP contribution in [0.4, 0.5) is 0 Å². The lowest BCUT2D eigenvalue weighted by molar-refractivity contribution is 0.0951. The number of nitrogens with one attached hydrogen (secondary N) is 1. The van der Waals surface area contributed by atoms with Crippen LogP contribution in [0, 0.1) is 0 Å². The van der Waals surface area contributed by atoms with E-state index in [2.05, 4.69) is 10.4 Å². The molecule has 1 amide bonds. The first-order valence-corrected chi connectivity index (χ1v) is 8.72. The van der Waals surface area contributed by atoms with E-state index >= 15 is 0 Å². The molecule has 0 saturated heterocycles. The van der Waals surface area contributed by atoms with Crippen LogP contribution in [0.5, 0.6) is 11.5 Å². The number of ether oxygens (including phenoxy) is 2. The smallest absolute Gasteiger partial charge is 0.267 e. The number of aromatic nitrogens is 2. The molecule has 1 aromatic heterocycles. The number of carbonyl (C=O) groups is 1. The largest absolute Gasteiger partial charge is 0.493 e. The minimum atomic E-state index is -0.239. The second kappa shape index (κ2) is 8.03. The summed E-state index contributed by atoms with van der Waals surface area (Å²) in [6.45, 7) is 0.657. The maximum atomic E-state index is 12.3. The number of fused-ring (bicyclic) bond motifs is 1. The summed E-state index contributed by atoms with van der Waals surface area (Å²) in [5.74, 6) is 0.818. The number of amides is 1. The number of methoxy groups -OCH3 is 2. The molecule has 26 heavy (non-hydrogen) atoms. The zero-order chi connectivity index (χ0) is 18.5. The van der Waals surface area contributed by atoms with E-state index in [4.69, 9.17) is 9.47 Å². The molecule has 0 atom stereocenters. The van der Waals surface area contributed by atoms with Crippen LogP contribution in [-0.4, -0.2) is 36.5 Å². The van der Waals surface area contributed by atoms with E-state index in [9.17, 15) is 9.59 Å². The number of carbonyl (C=O) groups excluding carboxylic acids is 1. The highest BCUT2D eigenvalue weighted by Crippen LogP contribution is 2.27. The molecular weight excluding hydrogens is 334 g/mol. The molecule has 0 saturated carbocycles. The average molecular weight is 357 g/mol. The number of nitrogens with zero attached hydrogens (tertiary/aromatic N) is 2. The third-order valence-electron chi connectivity index (χ3n) is 4.53. The Kier molecular flexibility index (Phi) is 5.55. The Bertz CT molecular complexity index is 860. The molecule has 2 aromatic rings. The summed E-state index contributed by atoms with van der Waals surface area (Å²) in [5.41, 5.74) is 2.41. The van der Waals surface area contributed by atoms with Crippen molar-refractivity contribution in [2.24, 2.45) is 0 Å². The molecule has 7 heteroatoms. The van der Waals surface area contributed by atoms with Gasteiger partial charge in [-0.2, -0.15) is 5.10 Å². The van der Waals surface area contributed by atoms with Gasteiger partial charge in [0.25, 0.3) is 11.5 Å². The Morgan fingerprint density at radius 2 is 1.92 bits per heavy atom. The minimum Gasteiger partial charge on any atom is -0.493 e. The van der Waals surface area contributed by atoms with Crippen molar-refractivity contribution in [3.05, 3.63) is 51.4 Å². The maximum Gasteiger partial charge on any atom is 0.267 e. The molecule has 7 nitrogen and oxygen atoms in total. The summed E-state index contributed by atoms with van der Waals surface area (Å²) in [7, 11) is 3.06. The van der Waals surface area contributed by atoms with Gasteiger partial charge < -0.3 is 14.8 Å². The molecule has 138 valence electrons. The van der Waals surface area contributed by atoms with Gasteiger partial charge in [-0.3, -0.25) is 9.59 Å². The van der Waals surface area contributed by atoms with Crippen LogP contribution < -0.4 is 20.3 Å². The third-order valence-corrected chi connectivity index (χ3v) is 4.53. The van der Waals surface area contributed by atoms with Crippen molar-refractivity contribution in [1.29, 1.82) is 0 Å². The van der Waals surface area contributed by atoms with E-state index < -0.39 is 0 Å². The highest BCUT2D eigenvalue weighted by atomic mass is 16.5. The second-order valence-electron chi connectivity index (χ2n) is 6.21. The van der Waals surface area contributed by atoms with Gasteiger partial charge in [-0.15, -0.1) is 0 Å². The number of benzene rings is 1. The standard InChI is InChI=1S/C19H23N3O4/c1-25-16-8-7-14(11-17(16)26-2)19(24)20-9-10-22-18(23)12-13-5-3-4-6-15(13)21-22/h7-8,11-12H,3-6,9-10H2,1-2H3,(H,20,24). The zero-order valence-electron chi connectivity index (χ0n) is 15.1. The first-order chi connectivity index (χ1) is 12.6. The first-order valence-electron chi connectivity index (χ1n) is 8.72. The SMILES string of the molecule is COc1ccc(C(=O)NCCn2nc3c(cc2=O)CCCC3)cc1OC. The van der Waals surface area contributed by atoms with Gasteiger partial charge in [0, 0.05) is 18.2 Å². The van der Waals surface area contributed by atoms with E-state index in [1.165, 1.54) is 11.8 Å². The quantitative estimate of drug-likeness (QED) is 0.849. The van der Waals surface area contributed by atoms with Crippen LogP contribution in [0.1, 0.15) is 34.5 Å². The van der Waals surface area contributed by atoms with Crippen molar-refractivity contribution >= 4 is 5.91 Å². The Hall–Kier alpha value is -2.83. The Balaban J connectivity index is 1.63. The number of aryl methyl sites for hydroxylation is 2. The van der Waals surface area contributed by atoms with Crippen molar-refractivity contribution in [3.8, 4) is 11.5 Å². The van der Waals surface area contributed by atoms with Gasteiger partial charge in [0.15, 0.2) is 11.5 Å². The predicted molar refractivity (Wildman–Crippen MR) is 97.0 cm³/mol. The van der Waals surface area contributed by atoms with Gasteiger partial charge in [0.05, 0.1) is 26.5 Å². The highest BCUT2D eigenvalue weighted by molar-refractivity contribution is 5.94. The summed E-state index contributed by atoms with van der Waals surface area (Å²) in [6.07, 6.45) is 4.05. The number of hydrogen-bond donors (Lipinski definition) is 1. The van der Waals surface area contributed by atoms with Gasteiger partial charge in [-0.1, -0.05) is 0 Å². The van der Waals surface area contributed by atoms with Crippen molar-refractivity contribution in [2.45, 2.75) is 32.2 Å². The third kappa shape index (κ3) is 3.87. The predicted octanol–water partition coefficient (Wildman–Crippen LogP) is 1.57. The van der Waals surface area contributed by atoms with Gasteiger partial charge in [0.1, 0.15) is 0 Å². The summed E-state index contributed by atoms with van der Waals surface area (Å²) < 4.78 is 11.8. The monoisotopic (exact) mass is 357 g/mol. The average Bonchev–Trinajstić information content (AvgIpc) is 2.67. The highest BCUT2D eigenvalue weighted by Gasteiger charge is 2.14. The molecule has 1 N–H and O–H groups in total. The van der Waals surface area contributed by atoms with E-state index in [1.807, 2.05) is 0 Å². The molecule has 0 unspecified atom stereocenters. The van der Waals surface area contributed by atoms with Crippen LogP contribution in [-0.2, 0) is 19.4 Å². The summed E-state index contributed by atoms with van der Waals surface area (Å²) >= 11 is 0. The Morgan fingerprint density at radius 1 is 1.15 bits per heavy atom.